The fraction of sp³-hybridized carbons (Fsp3) is 0. The number of para-hydroxylation sites is 1. The van der Waals surface area contributed by atoms with Gasteiger partial charge in [-0.1, -0.05) is 140 Å². The van der Waals surface area contributed by atoms with E-state index in [1.165, 1.54) is 37.9 Å². The van der Waals surface area contributed by atoms with E-state index in [1.54, 1.807) is 0 Å². The monoisotopic (exact) mass is 508 g/mol. The quantitative estimate of drug-likeness (QED) is 0.222. The lowest BCUT2D eigenvalue weighted by Gasteiger charge is -2.16. The summed E-state index contributed by atoms with van der Waals surface area (Å²) in [5, 5.41) is 7.49. The van der Waals surface area contributed by atoms with Crippen LogP contribution >= 0.6 is 0 Å². The third-order valence-corrected chi connectivity index (χ3v) is 7.83. The molecule has 0 bridgehead atoms. The molecule has 0 atom stereocenters. The molecule has 0 saturated heterocycles. The zero-order valence-corrected chi connectivity index (χ0v) is 21.8. The second-order valence-corrected chi connectivity index (χ2v) is 10.2. The first-order valence-corrected chi connectivity index (χ1v) is 13.6. The topological polar surface area (TPSA) is 25.8 Å². The molecule has 0 aliphatic heterocycles. The molecule has 0 saturated carbocycles. The highest BCUT2D eigenvalue weighted by atomic mass is 14.8. The van der Waals surface area contributed by atoms with Gasteiger partial charge in [0.05, 0.1) is 22.4 Å². The number of hydrogen-bond donors (Lipinski definition) is 0. The molecule has 0 aliphatic rings. The van der Waals surface area contributed by atoms with Gasteiger partial charge in [0, 0.05) is 16.7 Å². The highest BCUT2D eigenvalue weighted by Crippen LogP contribution is 2.41. The number of aromatic nitrogens is 2. The lowest BCUT2D eigenvalue weighted by Crippen LogP contribution is -1.97. The van der Waals surface area contributed by atoms with Gasteiger partial charge in [0.25, 0.3) is 0 Å². The van der Waals surface area contributed by atoms with Gasteiger partial charge in [-0.05, 0) is 43.9 Å². The Labute approximate surface area is 232 Å². The first kappa shape index (κ1) is 22.6. The van der Waals surface area contributed by atoms with E-state index in [9.17, 15) is 0 Å². The molecule has 40 heavy (non-hydrogen) atoms. The zero-order chi connectivity index (χ0) is 26.5. The van der Waals surface area contributed by atoms with E-state index in [0.29, 0.717) is 0 Å². The van der Waals surface area contributed by atoms with Crippen LogP contribution in [0.15, 0.2) is 146 Å². The van der Waals surface area contributed by atoms with Crippen molar-refractivity contribution in [2.45, 2.75) is 0 Å². The molecule has 2 nitrogen and oxygen atoms in total. The minimum absolute atomic E-state index is 0.887. The number of rotatable bonds is 3. The van der Waals surface area contributed by atoms with Crippen molar-refractivity contribution in [3.63, 3.8) is 0 Å². The van der Waals surface area contributed by atoms with Crippen molar-refractivity contribution in [3.8, 4) is 33.6 Å². The summed E-state index contributed by atoms with van der Waals surface area (Å²) >= 11 is 0. The Bertz CT molecular complexity index is 2190. The Morgan fingerprint density at radius 1 is 0.350 bits per heavy atom. The van der Waals surface area contributed by atoms with E-state index < -0.39 is 0 Å². The standard InChI is InChI=1S/C38H24N2/c1-3-12-28(13-4-1)36-37(29-14-5-2-6-15-29)40-38-32(19-10-20-33(38)39-36)31-18-9-16-26-23-24-27-22-21-25-11-7-8-17-30(25)34(27)35(26)31/h1-24H. The minimum Gasteiger partial charge on any atom is -0.244 e. The molecule has 2 heteroatoms. The molecule has 8 aromatic rings. The first-order chi connectivity index (χ1) is 19.8. The molecule has 1 aromatic heterocycles. The fourth-order valence-corrected chi connectivity index (χ4v) is 5.99. The van der Waals surface area contributed by atoms with Gasteiger partial charge in [-0.2, -0.15) is 0 Å². The molecule has 0 spiro atoms. The molecule has 8 rings (SSSR count). The van der Waals surface area contributed by atoms with Gasteiger partial charge in [0.15, 0.2) is 0 Å². The second-order valence-electron chi connectivity index (χ2n) is 10.2. The van der Waals surface area contributed by atoms with Crippen LogP contribution in [0.2, 0.25) is 0 Å². The van der Waals surface area contributed by atoms with Gasteiger partial charge in [-0.3, -0.25) is 0 Å². The normalized spacial score (nSPS) is 11.5. The van der Waals surface area contributed by atoms with Gasteiger partial charge in [-0.25, -0.2) is 9.97 Å². The molecule has 0 N–H and O–H groups in total. The Balaban J connectivity index is 1.49. The van der Waals surface area contributed by atoms with Gasteiger partial charge in [0.2, 0.25) is 0 Å². The van der Waals surface area contributed by atoms with Gasteiger partial charge < -0.3 is 0 Å². The maximum atomic E-state index is 5.38. The average molecular weight is 509 g/mol. The van der Waals surface area contributed by atoms with Crippen LogP contribution in [0.25, 0.3) is 77.0 Å². The van der Waals surface area contributed by atoms with Crippen LogP contribution in [0.4, 0.5) is 0 Å². The SMILES string of the molecule is c1ccc(-c2nc3cccc(-c4cccc5ccc6ccc7ccccc7c6c45)c3nc2-c2ccccc2)cc1. The van der Waals surface area contributed by atoms with E-state index in [-0.39, 0.29) is 0 Å². The van der Waals surface area contributed by atoms with E-state index in [2.05, 4.69) is 133 Å². The van der Waals surface area contributed by atoms with Crippen molar-refractivity contribution < 1.29 is 0 Å². The molecule has 0 amide bonds. The van der Waals surface area contributed by atoms with Crippen molar-refractivity contribution in [1.82, 2.24) is 9.97 Å². The van der Waals surface area contributed by atoms with Crippen LogP contribution < -0.4 is 0 Å². The highest BCUT2D eigenvalue weighted by molar-refractivity contribution is 6.24. The Morgan fingerprint density at radius 3 is 1.65 bits per heavy atom. The molecule has 0 unspecified atom stereocenters. The predicted molar refractivity (Wildman–Crippen MR) is 168 cm³/mol. The van der Waals surface area contributed by atoms with Gasteiger partial charge in [0.1, 0.15) is 0 Å². The highest BCUT2D eigenvalue weighted by Gasteiger charge is 2.17. The molecule has 0 aliphatic carbocycles. The van der Waals surface area contributed by atoms with Crippen molar-refractivity contribution >= 4 is 43.4 Å². The van der Waals surface area contributed by atoms with Crippen LogP contribution in [-0.4, -0.2) is 9.97 Å². The summed E-state index contributed by atoms with van der Waals surface area (Å²) in [5.41, 5.74) is 7.96. The van der Waals surface area contributed by atoms with Crippen molar-refractivity contribution in [3.05, 3.63) is 146 Å². The molecule has 1 heterocycles. The molecule has 0 radical (unpaired) electrons. The third-order valence-electron chi connectivity index (χ3n) is 7.83. The summed E-state index contributed by atoms with van der Waals surface area (Å²) in [5.74, 6) is 0. The zero-order valence-electron chi connectivity index (χ0n) is 21.8. The minimum atomic E-state index is 0.887. The van der Waals surface area contributed by atoms with Crippen LogP contribution in [0.1, 0.15) is 0 Å². The number of nitrogens with zero attached hydrogens (tertiary/aromatic N) is 2. The Hall–Kier alpha value is -5.34. The summed E-state index contributed by atoms with van der Waals surface area (Å²) in [6, 6.07) is 51.3. The van der Waals surface area contributed by atoms with Crippen molar-refractivity contribution in [1.29, 1.82) is 0 Å². The van der Waals surface area contributed by atoms with E-state index >= 15 is 0 Å². The Kier molecular flexibility index (Phi) is 5.17. The number of fused-ring (bicyclic) bond motifs is 6. The predicted octanol–water partition coefficient (Wildman–Crippen LogP) is 10.1. The lowest BCUT2D eigenvalue weighted by atomic mass is 9.90. The van der Waals surface area contributed by atoms with Crippen molar-refractivity contribution in [2.75, 3.05) is 0 Å². The fourth-order valence-electron chi connectivity index (χ4n) is 5.99. The third kappa shape index (κ3) is 3.58. The summed E-state index contributed by atoms with van der Waals surface area (Å²) < 4.78 is 0. The van der Waals surface area contributed by atoms with E-state index in [4.69, 9.17) is 9.97 Å². The Morgan fingerprint density at radius 2 is 0.900 bits per heavy atom. The van der Waals surface area contributed by atoms with E-state index in [1.807, 2.05) is 12.1 Å². The first-order valence-electron chi connectivity index (χ1n) is 13.6. The molecule has 0 fully saturated rings. The largest absolute Gasteiger partial charge is 0.244 e. The number of hydrogen-bond acceptors (Lipinski definition) is 2. The molecule has 7 aromatic carbocycles. The van der Waals surface area contributed by atoms with Crippen molar-refractivity contribution in [2.24, 2.45) is 0 Å². The van der Waals surface area contributed by atoms with Crippen LogP contribution in [0.5, 0.6) is 0 Å². The summed E-state index contributed by atoms with van der Waals surface area (Å²) in [4.78, 5) is 10.6. The summed E-state index contributed by atoms with van der Waals surface area (Å²) in [7, 11) is 0. The maximum absolute atomic E-state index is 5.38. The molecular weight excluding hydrogens is 484 g/mol. The average Bonchev–Trinajstić information content (AvgIpc) is 3.04. The second kappa shape index (κ2) is 9.14. The molecule has 186 valence electrons. The maximum Gasteiger partial charge on any atom is 0.0973 e. The van der Waals surface area contributed by atoms with Crippen LogP contribution in [-0.2, 0) is 0 Å². The lowest BCUT2D eigenvalue weighted by molar-refractivity contribution is 1.29. The summed E-state index contributed by atoms with van der Waals surface area (Å²) in [6.07, 6.45) is 0. The van der Waals surface area contributed by atoms with Gasteiger partial charge >= 0.3 is 0 Å². The van der Waals surface area contributed by atoms with E-state index in [0.717, 1.165) is 39.1 Å². The van der Waals surface area contributed by atoms with Crippen LogP contribution in [0.3, 0.4) is 0 Å². The summed E-state index contributed by atoms with van der Waals surface area (Å²) in [6.45, 7) is 0. The van der Waals surface area contributed by atoms with Gasteiger partial charge in [-0.15, -0.1) is 0 Å². The smallest absolute Gasteiger partial charge is 0.0973 e. The molecular formula is C38H24N2. The van der Waals surface area contributed by atoms with Crippen LogP contribution in [0, 0.1) is 0 Å². The number of benzene rings is 7.